The second-order valence-corrected chi connectivity index (χ2v) is 4.41. The Labute approximate surface area is 119 Å². The zero-order chi connectivity index (χ0) is 13.0. The van der Waals surface area contributed by atoms with Gasteiger partial charge in [-0.2, -0.15) is 4.98 Å². The highest BCUT2D eigenvalue weighted by Gasteiger charge is 2.09. The maximum atomic E-state index is 5.43. The third-order valence-corrected chi connectivity index (χ3v) is 2.80. The van der Waals surface area contributed by atoms with Crippen molar-refractivity contribution in [3.8, 4) is 0 Å². The molecule has 2 N–H and O–H groups in total. The number of rotatable bonds is 5. The van der Waals surface area contributed by atoms with Gasteiger partial charge in [0.1, 0.15) is 0 Å². The van der Waals surface area contributed by atoms with Gasteiger partial charge in [-0.1, -0.05) is 29.4 Å². The van der Waals surface area contributed by atoms with Gasteiger partial charge in [-0.15, -0.1) is 12.4 Å². The molecule has 0 aliphatic carbocycles. The van der Waals surface area contributed by atoms with Crippen molar-refractivity contribution in [2.45, 2.75) is 26.6 Å². The van der Waals surface area contributed by atoms with E-state index in [1.807, 2.05) is 13.1 Å². The predicted molar refractivity (Wildman–Crippen MR) is 75.8 cm³/mol. The van der Waals surface area contributed by atoms with Crippen LogP contribution >= 0.6 is 12.4 Å². The van der Waals surface area contributed by atoms with Gasteiger partial charge in [0.05, 0.1) is 13.1 Å². The summed E-state index contributed by atoms with van der Waals surface area (Å²) in [6, 6.07) is 8.35. The second-order valence-electron chi connectivity index (χ2n) is 4.41. The van der Waals surface area contributed by atoms with Crippen LogP contribution in [0.1, 0.15) is 22.8 Å². The summed E-state index contributed by atoms with van der Waals surface area (Å²) in [5.74, 6) is 1.15. The number of hydrogen-bond acceptors (Lipinski definition) is 5. The van der Waals surface area contributed by atoms with E-state index in [1.54, 1.807) is 0 Å². The van der Waals surface area contributed by atoms with Crippen molar-refractivity contribution in [1.29, 1.82) is 0 Å². The number of halogens is 1. The fourth-order valence-corrected chi connectivity index (χ4v) is 1.81. The van der Waals surface area contributed by atoms with Gasteiger partial charge < -0.3 is 10.3 Å². The van der Waals surface area contributed by atoms with E-state index in [9.17, 15) is 0 Å². The van der Waals surface area contributed by atoms with Gasteiger partial charge in [0.2, 0.25) is 5.89 Å². The van der Waals surface area contributed by atoms with Gasteiger partial charge in [-0.3, -0.25) is 4.90 Å². The van der Waals surface area contributed by atoms with Crippen LogP contribution in [-0.2, 0) is 19.6 Å². The molecule has 19 heavy (non-hydrogen) atoms. The number of benzene rings is 1. The van der Waals surface area contributed by atoms with Crippen molar-refractivity contribution < 1.29 is 4.52 Å². The van der Waals surface area contributed by atoms with Crippen LogP contribution in [0.25, 0.3) is 0 Å². The fourth-order valence-electron chi connectivity index (χ4n) is 1.81. The Morgan fingerprint density at radius 2 is 2.00 bits per heavy atom. The summed E-state index contributed by atoms with van der Waals surface area (Å²) in [7, 11) is 2.03. The van der Waals surface area contributed by atoms with E-state index in [2.05, 4.69) is 40.2 Å². The highest BCUT2D eigenvalue weighted by molar-refractivity contribution is 5.85. The Hall–Kier alpha value is -1.43. The predicted octanol–water partition coefficient (Wildman–Crippen LogP) is 1.89. The lowest BCUT2D eigenvalue weighted by Crippen LogP contribution is -2.18. The SMILES string of the molecule is Cc1ccccc1CN(C)Cc1noc(CN)n1.Cl. The molecule has 5 nitrogen and oxygen atoms in total. The van der Waals surface area contributed by atoms with Gasteiger partial charge in [-0.25, -0.2) is 0 Å². The standard InChI is InChI=1S/C13H18N4O.ClH/c1-10-5-3-4-6-11(10)8-17(2)9-12-15-13(7-14)18-16-12;/h3-6H,7-9,14H2,1-2H3;1H. The van der Waals surface area contributed by atoms with Gasteiger partial charge >= 0.3 is 0 Å². The molecule has 2 rings (SSSR count). The Bertz CT molecular complexity index is 515. The van der Waals surface area contributed by atoms with Crippen LogP contribution in [0.2, 0.25) is 0 Å². The Morgan fingerprint density at radius 3 is 2.63 bits per heavy atom. The largest absolute Gasteiger partial charge is 0.338 e. The molecule has 0 amide bonds. The molecule has 0 saturated heterocycles. The first-order valence-electron chi connectivity index (χ1n) is 5.93. The molecule has 0 aliphatic heterocycles. The van der Waals surface area contributed by atoms with E-state index in [-0.39, 0.29) is 19.0 Å². The molecule has 1 heterocycles. The first-order valence-corrected chi connectivity index (χ1v) is 5.93. The summed E-state index contributed by atoms with van der Waals surface area (Å²) in [5, 5.41) is 3.88. The van der Waals surface area contributed by atoms with E-state index < -0.39 is 0 Å². The number of aryl methyl sites for hydroxylation is 1. The average Bonchev–Trinajstić information content (AvgIpc) is 2.80. The van der Waals surface area contributed by atoms with Crippen LogP contribution in [0.3, 0.4) is 0 Å². The average molecular weight is 283 g/mol. The van der Waals surface area contributed by atoms with E-state index in [4.69, 9.17) is 10.3 Å². The van der Waals surface area contributed by atoms with Crippen LogP contribution in [0.4, 0.5) is 0 Å². The molecule has 0 saturated carbocycles. The molecule has 1 aromatic carbocycles. The highest BCUT2D eigenvalue weighted by atomic mass is 35.5. The topological polar surface area (TPSA) is 68.2 Å². The lowest BCUT2D eigenvalue weighted by molar-refractivity contribution is 0.299. The Balaban J connectivity index is 0.00000180. The molecule has 0 unspecified atom stereocenters. The molecule has 0 atom stereocenters. The third kappa shape index (κ3) is 4.31. The van der Waals surface area contributed by atoms with Gasteiger partial charge in [0.15, 0.2) is 5.82 Å². The molecule has 0 radical (unpaired) electrons. The van der Waals surface area contributed by atoms with Crippen LogP contribution < -0.4 is 5.73 Å². The van der Waals surface area contributed by atoms with Crippen molar-refractivity contribution in [1.82, 2.24) is 15.0 Å². The molecule has 2 aromatic rings. The monoisotopic (exact) mass is 282 g/mol. The van der Waals surface area contributed by atoms with E-state index in [0.29, 0.717) is 18.3 Å². The maximum Gasteiger partial charge on any atom is 0.240 e. The van der Waals surface area contributed by atoms with Crippen molar-refractivity contribution >= 4 is 12.4 Å². The minimum Gasteiger partial charge on any atom is -0.338 e. The van der Waals surface area contributed by atoms with E-state index in [0.717, 1.165) is 6.54 Å². The van der Waals surface area contributed by atoms with Gasteiger partial charge in [0, 0.05) is 6.54 Å². The number of nitrogens with zero attached hydrogens (tertiary/aromatic N) is 3. The summed E-state index contributed by atoms with van der Waals surface area (Å²) in [6.45, 7) is 3.91. The Morgan fingerprint density at radius 1 is 1.26 bits per heavy atom. The minimum atomic E-state index is 0. The third-order valence-electron chi connectivity index (χ3n) is 2.80. The van der Waals surface area contributed by atoms with Gasteiger partial charge in [0.25, 0.3) is 0 Å². The molecular formula is C13H19ClN4O. The van der Waals surface area contributed by atoms with Crippen molar-refractivity contribution in [2.75, 3.05) is 7.05 Å². The van der Waals surface area contributed by atoms with E-state index >= 15 is 0 Å². The van der Waals surface area contributed by atoms with Crippen molar-refractivity contribution in [3.63, 3.8) is 0 Å². The second kappa shape index (κ2) is 7.23. The molecular weight excluding hydrogens is 264 g/mol. The smallest absolute Gasteiger partial charge is 0.240 e. The molecule has 1 aromatic heterocycles. The van der Waals surface area contributed by atoms with Crippen molar-refractivity contribution in [2.24, 2.45) is 5.73 Å². The zero-order valence-electron chi connectivity index (χ0n) is 11.2. The molecule has 0 fully saturated rings. The summed E-state index contributed by atoms with van der Waals surface area (Å²) in [5.41, 5.74) is 8.03. The quantitative estimate of drug-likeness (QED) is 0.907. The first kappa shape index (κ1) is 15.6. The number of aromatic nitrogens is 2. The van der Waals surface area contributed by atoms with Crippen LogP contribution in [0.5, 0.6) is 0 Å². The van der Waals surface area contributed by atoms with Crippen LogP contribution in [0, 0.1) is 6.92 Å². The van der Waals surface area contributed by atoms with Crippen LogP contribution in [-0.4, -0.2) is 22.1 Å². The van der Waals surface area contributed by atoms with Crippen molar-refractivity contribution in [3.05, 3.63) is 47.1 Å². The lowest BCUT2D eigenvalue weighted by atomic mass is 10.1. The fraction of sp³-hybridized carbons (Fsp3) is 0.385. The molecule has 104 valence electrons. The normalized spacial score (nSPS) is 10.5. The number of nitrogens with two attached hydrogens (primary N) is 1. The molecule has 0 aliphatic rings. The molecule has 0 bridgehead atoms. The summed E-state index contributed by atoms with van der Waals surface area (Å²) >= 11 is 0. The lowest BCUT2D eigenvalue weighted by Gasteiger charge is -2.15. The first-order chi connectivity index (χ1) is 8.69. The number of hydrogen-bond donors (Lipinski definition) is 1. The summed E-state index contributed by atoms with van der Waals surface area (Å²) in [6.07, 6.45) is 0. The highest BCUT2D eigenvalue weighted by Crippen LogP contribution is 2.10. The van der Waals surface area contributed by atoms with Gasteiger partial charge in [-0.05, 0) is 25.1 Å². The summed E-state index contributed by atoms with van der Waals surface area (Å²) < 4.78 is 4.98. The summed E-state index contributed by atoms with van der Waals surface area (Å²) in [4.78, 5) is 6.33. The minimum absolute atomic E-state index is 0. The van der Waals surface area contributed by atoms with Crippen LogP contribution in [0.15, 0.2) is 28.8 Å². The zero-order valence-corrected chi connectivity index (χ0v) is 12.0. The molecule has 6 heteroatoms. The Kier molecular flexibility index (Phi) is 5.95. The maximum absolute atomic E-state index is 5.43. The molecule has 0 spiro atoms. The van der Waals surface area contributed by atoms with E-state index in [1.165, 1.54) is 11.1 Å².